The first-order valence-corrected chi connectivity index (χ1v) is 10.1. The lowest BCUT2D eigenvalue weighted by molar-refractivity contribution is -0.321. The van der Waals surface area contributed by atoms with Crippen molar-refractivity contribution in [3.8, 4) is 0 Å². The Balaban J connectivity index is 1.88. The topological polar surface area (TPSA) is 131 Å². The summed E-state index contributed by atoms with van der Waals surface area (Å²) in [5.74, 6) is -4.11. The van der Waals surface area contributed by atoms with E-state index in [0.29, 0.717) is 6.42 Å². The third-order valence-corrected chi connectivity index (χ3v) is 10.0. The van der Waals surface area contributed by atoms with E-state index in [-0.39, 0.29) is 12.8 Å². The van der Waals surface area contributed by atoms with Crippen LogP contribution in [0.15, 0.2) is 0 Å². The van der Waals surface area contributed by atoms with Gasteiger partial charge in [0.2, 0.25) is 0 Å². The predicted molar refractivity (Wildman–Crippen MR) is 93.2 cm³/mol. The van der Waals surface area contributed by atoms with Crippen LogP contribution in [0.3, 0.4) is 0 Å². The van der Waals surface area contributed by atoms with Gasteiger partial charge in [-0.1, -0.05) is 20.8 Å². The molecule has 0 radical (unpaired) electrons. The van der Waals surface area contributed by atoms with E-state index in [2.05, 4.69) is 0 Å². The van der Waals surface area contributed by atoms with Gasteiger partial charge >= 0.3 is 0 Å². The first kappa shape index (κ1) is 18.7. The molecule has 4 aliphatic carbocycles. The van der Waals surface area contributed by atoms with Crippen molar-refractivity contribution in [2.75, 3.05) is 0 Å². The van der Waals surface area contributed by atoms with Crippen LogP contribution in [-0.4, -0.2) is 71.0 Å². The third kappa shape index (κ3) is 1.35. The van der Waals surface area contributed by atoms with Crippen molar-refractivity contribution in [3.05, 3.63) is 0 Å². The zero-order valence-electron chi connectivity index (χ0n) is 16.6. The van der Waals surface area contributed by atoms with Crippen molar-refractivity contribution in [1.82, 2.24) is 0 Å². The maximum Gasteiger partial charge on any atom is 0.177 e. The molecule has 7 nitrogen and oxygen atoms in total. The number of rotatable bonds is 1. The Morgan fingerprint density at radius 3 is 2.07 bits per heavy atom. The van der Waals surface area contributed by atoms with Crippen molar-refractivity contribution < 1.29 is 35.4 Å². The summed E-state index contributed by atoms with van der Waals surface area (Å²) in [6.07, 6.45) is -1.82. The number of hydrogen-bond donors (Lipinski definition) is 6. The Hall–Kier alpha value is -0.280. The van der Waals surface area contributed by atoms with Crippen LogP contribution in [0.5, 0.6) is 0 Å². The van der Waals surface area contributed by atoms with Gasteiger partial charge in [0.1, 0.15) is 11.2 Å². The van der Waals surface area contributed by atoms with E-state index in [1.54, 1.807) is 34.6 Å². The Bertz CT molecular complexity index is 740. The molecule has 1 aliphatic heterocycles. The molecule has 0 aromatic heterocycles. The van der Waals surface area contributed by atoms with Gasteiger partial charge in [-0.05, 0) is 32.6 Å². The number of aliphatic hydroxyl groups excluding tert-OH is 1. The molecule has 11 atom stereocenters. The maximum atomic E-state index is 12.1. The van der Waals surface area contributed by atoms with Crippen molar-refractivity contribution in [2.24, 2.45) is 28.6 Å². The average molecular weight is 384 g/mol. The molecule has 1 saturated heterocycles. The summed E-state index contributed by atoms with van der Waals surface area (Å²) in [7, 11) is 0. The molecule has 0 amide bonds. The van der Waals surface area contributed by atoms with Gasteiger partial charge in [0.15, 0.2) is 5.79 Å². The van der Waals surface area contributed by atoms with Gasteiger partial charge in [0.25, 0.3) is 0 Å². The molecule has 5 bridgehead atoms. The lowest BCUT2D eigenvalue weighted by Crippen LogP contribution is -2.78. The largest absolute Gasteiger partial charge is 0.390 e. The van der Waals surface area contributed by atoms with Crippen molar-refractivity contribution in [3.63, 3.8) is 0 Å². The fourth-order valence-electron chi connectivity index (χ4n) is 8.74. The Morgan fingerprint density at radius 2 is 1.52 bits per heavy atom. The lowest BCUT2D eigenvalue weighted by Gasteiger charge is -2.65. The molecule has 0 aromatic rings. The highest BCUT2D eigenvalue weighted by Crippen LogP contribution is 2.84. The smallest absolute Gasteiger partial charge is 0.177 e. The number of fused-ring (bicyclic) bond motifs is 3. The number of hydrogen-bond acceptors (Lipinski definition) is 7. The first-order chi connectivity index (χ1) is 12.1. The molecule has 0 unspecified atom stereocenters. The van der Waals surface area contributed by atoms with E-state index in [0.717, 1.165) is 0 Å². The minimum atomic E-state index is -1.93. The summed E-state index contributed by atoms with van der Waals surface area (Å²) in [4.78, 5) is 0. The first-order valence-electron chi connectivity index (χ1n) is 10.1. The Kier molecular flexibility index (Phi) is 2.96. The van der Waals surface area contributed by atoms with Crippen LogP contribution in [0.2, 0.25) is 0 Å². The fourth-order valence-corrected chi connectivity index (χ4v) is 8.74. The van der Waals surface area contributed by atoms with Gasteiger partial charge in [-0.25, -0.2) is 0 Å². The molecule has 5 fully saturated rings. The van der Waals surface area contributed by atoms with Gasteiger partial charge in [-0.3, -0.25) is 0 Å². The molecule has 5 aliphatic rings. The summed E-state index contributed by atoms with van der Waals surface area (Å²) in [6, 6.07) is 0. The molecule has 7 heteroatoms. The summed E-state index contributed by atoms with van der Waals surface area (Å²) in [5.41, 5.74) is -9.00. The van der Waals surface area contributed by atoms with Gasteiger partial charge in [0.05, 0.1) is 28.8 Å². The van der Waals surface area contributed by atoms with Gasteiger partial charge in [-0.15, -0.1) is 0 Å². The molecule has 5 rings (SSSR count). The molecule has 27 heavy (non-hydrogen) atoms. The monoisotopic (exact) mass is 384 g/mol. The van der Waals surface area contributed by atoms with Crippen LogP contribution in [0.1, 0.15) is 53.9 Å². The molecule has 1 heterocycles. The van der Waals surface area contributed by atoms with Crippen LogP contribution in [0, 0.1) is 28.6 Å². The van der Waals surface area contributed by atoms with E-state index in [1.807, 2.05) is 0 Å². The van der Waals surface area contributed by atoms with Crippen molar-refractivity contribution >= 4 is 0 Å². The SMILES string of the molecule is CC(C)[C@@]1(O)[C@H](O)[C@@H]2[C@@]3(O)[C@@H]4O[C@@](O)(C[C@@]2(C)[C@@]2(O)CC[C@](C)(O)[C@@H]42)[C@]31C. The second-order valence-corrected chi connectivity index (χ2v) is 11.0. The predicted octanol–water partition coefficient (Wildman–Crippen LogP) is -0.495. The third-order valence-electron chi connectivity index (χ3n) is 10.0. The summed E-state index contributed by atoms with van der Waals surface area (Å²) in [6.45, 7) is 8.46. The van der Waals surface area contributed by atoms with E-state index in [9.17, 15) is 30.6 Å². The van der Waals surface area contributed by atoms with E-state index in [1.165, 1.54) is 0 Å². The Labute approximate surface area is 159 Å². The van der Waals surface area contributed by atoms with Crippen LogP contribution in [0.25, 0.3) is 0 Å². The van der Waals surface area contributed by atoms with Crippen molar-refractivity contribution in [1.29, 1.82) is 0 Å². The molecular formula is C20H32O7. The zero-order chi connectivity index (χ0) is 20.2. The van der Waals surface area contributed by atoms with Crippen LogP contribution in [-0.2, 0) is 4.74 Å². The highest BCUT2D eigenvalue weighted by molar-refractivity contribution is 5.43. The van der Waals surface area contributed by atoms with Crippen LogP contribution >= 0.6 is 0 Å². The second-order valence-electron chi connectivity index (χ2n) is 11.0. The Morgan fingerprint density at radius 1 is 0.926 bits per heavy atom. The molecule has 0 aromatic carbocycles. The minimum Gasteiger partial charge on any atom is -0.390 e. The maximum absolute atomic E-state index is 12.1. The van der Waals surface area contributed by atoms with Crippen LogP contribution < -0.4 is 0 Å². The zero-order valence-corrected chi connectivity index (χ0v) is 16.6. The summed E-state index contributed by atoms with van der Waals surface area (Å²) < 4.78 is 6.09. The normalized spacial score (nSPS) is 71.6. The van der Waals surface area contributed by atoms with E-state index in [4.69, 9.17) is 4.74 Å². The minimum absolute atomic E-state index is 0.0187. The fraction of sp³-hybridized carbons (Fsp3) is 1.00. The molecule has 6 N–H and O–H groups in total. The van der Waals surface area contributed by atoms with Gasteiger partial charge in [0, 0.05) is 23.7 Å². The van der Waals surface area contributed by atoms with E-state index >= 15 is 0 Å². The second kappa shape index (κ2) is 4.26. The van der Waals surface area contributed by atoms with Gasteiger partial charge in [-0.2, -0.15) is 0 Å². The molecule has 154 valence electrons. The average Bonchev–Trinajstić information content (AvgIpc) is 2.86. The standard InChI is InChI=1S/C20H32O7/c1-9(2)19(25)12(21)10-14(3)8-18(24)16(19,5)20(10,26)13(27-18)11-15(4,22)6-7-17(11,14)23/h9-13,21-26H,6-8H2,1-5H3/t10-,11+,12+,13+,14+,15-,16-,17+,18-,19+,20+/m0/s1. The number of aliphatic hydroxyl groups is 6. The quantitative estimate of drug-likeness (QED) is 0.359. The van der Waals surface area contributed by atoms with Crippen molar-refractivity contribution in [2.45, 2.75) is 94.3 Å². The summed E-state index contributed by atoms with van der Waals surface area (Å²) >= 11 is 0. The highest BCUT2D eigenvalue weighted by Gasteiger charge is 2.97. The lowest BCUT2D eigenvalue weighted by atomic mass is 9.41. The molecule has 4 saturated carbocycles. The summed E-state index contributed by atoms with van der Waals surface area (Å²) in [5, 5.41) is 69.8. The van der Waals surface area contributed by atoms with E-state index < -0.39 is 69.0 Å². The van der Waals surface area contributed by atoms with Crippen LogP contribution in [0.4, 0.5) is 0 Å². The van der Waals surface area contributed by atoms with Gasteiger partial charge < -0.3 is 35.4 Å². The molecule has 0 spiro atoms. The number of ether oxygens (including phenoxy) is 1. The highest BCUT2D eigenvalue weighted by atomic mass is 16.7. The molecular weight excluding hydrogens is 352 g/mol.